The number of benzene rings is 1. The van der Waals surface area contributed by atoms with E-state index >= 15 is 0 Å². The zero-order chi connectivity index (χ0) is 16.2. The van der Waals surface area contributed by atoms with Crippen molar-refractivity contribution in [2.45, 2.75) is 52.0 Å². The second kappa shape index (κ2) is 5.27. The number of H-pyrrole nitrogens is 1. The van der Waals surface area contributed by atoms with E-state index < -0.39 is 0 Å². The van der Waals surface area contributed by atoms with Crippen LogP contribution in [0.15, 0.2) is 18.2 Å². The maximum Gasteiger partial charge on any atom is 0.224 e. The minimum absolute atomic E-state index is 0.226. The highest BCUT2D eigenvalue weighted by Gasteiger charge is 2.60. The van der Waals surface area contributed by atoms with Crippen LogP contribution in [0.25, 0.3) is 10.9 Å². The lowest BCUT2D eigenvalue weighted by Gasteiger charge is -2.26. The molecule has 0 aliphatic heterocycles. The first-order chi connectivity index (χ1) is 11.0. The Balaban J connectivity index is 1.46. The largest absolute Gasteiger partial charge is 0.357 e. The third-order valence-electron chi connectivity index (χ3n) is 5.72. The monoisotopic (exact) mass is 330 g/mol. The second-order valence-corrected chi connectivity index (χ2v) is 8.01. The van der Waals surface area contributed by atoms with E-state index in [2.05, 4.69) is 36.3 Å². The number of nitrogens with one attached hydrogen (secondary N) is 2. The van der Waals surface area contributed by atoms with Gasteiger partial charge in [-0.1, -0.05) is 31.9 Å². The molecule has 0 saturated heterocycles. The van der Waals surface area contributed by atoms with Crippen LogP contribution in [-0.2, 0) is 11.3 Å². The van der Waals surface area contributed by atoms with Crippen LogP contribution < -0.4 is 5.32 Å². The van der Waals surface area contributed by atoms with Crippen LogP contribution in [0.2, 0.25) is 5.02 Å². The molecule has 122 valence electrons. The van der Waals surface area contributed by atoms with Crippen molar-refractivity contribution in [3.8, 4) is 0 Å². The quantitative estimate of drug-likeness (QED) is 0.834. The number of hydrogen-bond donors (Lipinski definition) is 2. The van der Waals surface area contributed by atoms with Crippen molar-refractivity contribution in [3.63, 3.8) is 0 Å². The molecule has 4 rings (SSSR count). The number of amides is 1. The summed E-state index contributed by atoms with van der Waals surface area (Å²) in [6.07, 6.45) is 4.88. The predicted molar refractivity (Wildman–Crippen MR) is 93.6 cm³/mol. The number of fused-ring (bicyclic) bond motifs is 1. The number of carbonyl (C=O) groups is 1. The molecule has 2 aromatic rings. The number of aromatic amines is 1. The van der Waals surface area contributed by atoms with Gasteiger partial charge in [-0.3, -0.25) is 4.79 Å². The first kappa shape index (κ1) is 15.1. The van der Waals surface area contributed by atoms with E-state index in [1.54, 1.807) is 0 Å². The maximum absolute atomic E-state index is 12.3. The summed E-state index contributed by atoms with van der Waals surface area (Å²) >= 11 is 6.35. The summed E-state index contributed by atoms with van der Waals surface area (Å²) in [5, 5.41) is 5.01. The maximum atomic E-state index is 12.3. The molecule has 0 bridgehead atoms. The van der Waals surface area contributed by atoms with Crippen molar-refractivity contribution in [3.05, 3.63) is 34.5 Å². The van der Waals surface area contributed by atoms with E-state index in [9.17, 15) is 4.79 Å². The number of halogens is 1. The Morgan fingerprint density at radius 1 is 1.39 bits per heavy atom. The molecule has 1 spiro atoms. The van der Waals surface area contributed by atoms with Gasteiger partial charge in [-0.05, 0) is 54.4 Å². The van der Waals surface area contributed by atoms with Crippen LogP contribution in [0.1, 0.15) is 56.7 Å². The van der Waals surface area contributed by atoms with E-state index in [4.69, 9.17) is 11.6 Å². The molecule has 2 fully saturated rings. The topological polar surface area (TPSA) is 44.9 Å². The van der Waals surface area contributed by atoms with Gasteiger partial charge < -0.3 is 10.3 Å². The Kier molecular flexibility index (Phi) is 3.45. The van der Waals surface area contributed by atoms with Crippen molar-refractivity contribution in [1.82, 2.24) is 10.3 Å². The van der Waals surface area contributed by atoms with Crippen LogP contribution in [0.4, 0.5) is 0 Å². The highest BCUT2D eigenvalue weighted by atomic mass is 35.5. The van der Waals surface area contributed by atoms with Crippen molar-refractivity contribution >= 4 is 28.4 Å². The number of hydrogen-bond acceptors (Lipinski definition) is 1. The first-order valence-electron chi connectivity index (χ1n) is 8.57. The fourth-order valence-electron chi connectivity index (χ4n) is 3.97. The Hall–Kier alpha value is -1.48. The summed E-state index contributed by atoms with van der Waals surface area (Å²) in [5.41, 5.74) is 3.67. The first-order valence-corrected chi connectivity index (χ1v) is 8.95. The van der Waals surface area contributed by atoms with Gasteiger partial charge in [-0.2, -0.15) is 0 Å². The summed E-state index contributed by atoms with van der Waals surface area (Å²) in [5.74, 6) is 0.888. The van der Waals surface area contributed by atoms with Crippen molar-refractivity contribution in [1.29, 1.82) is 0 Å². The van der Waals surface area contributed by atoms with Gasteiger partial charge in [0.15, 0.2) is 0 Å². The van der Waals surface area contributed by atoms with Crippen LogP contribution in [0, 0.1) is 11.3 Å². The van der Waals surface area contributed by atoms with Crippen molar-refractivity contribution in [2.75, 3.05) is 0 Å². The van der Waals surface area contributed by atoms with Gasteiger partial charge in [0.2, 0.25) is 5.91 Å². The van der Waals surface area contributed by atoms with E-state index in [-0.39, 0.29) is 11.8 Å². The number of carbonyl (C=O) groups excluding carboxylic acids is 1. The summed E-state index contributed by atoms with van der Waals surface area (Å²) in [4.78, 5) is 15.7. The molecule has 23 heavy (non-hydrogen) atoms. The van der Waals surface area contributed by atoms with Gasteiger partial charge in [0.05, 0.1) is 6.54 Å². The molecular formula is C19H23ClN2O. The summed E-state index contributed by atoms with van der Waals surface area (Å²) in [6, 6.07) is 6.22. The van der Waals surface area contributed by atoms with Gasteiger partial charge in [0, 0.05) is 27.5 Å². The summed E-state index contributed by atoms with van der Waals surface area (Å²) in [6.45, 7) is 4.85. The predicted octanol–water partition coefficient (Wildman–Crippen LogP) is 4.75. The van der Waals surface area contributed by atoms with Gasteiger partial charge in [-0.25, -0.2) is 0 Å². The third-order valence-corrected chi connectivity index (χ3v) is 6.05. The smallest absolute Gasteiger partial charge is 0.224 e. The Bertz CT molecular complexity index is 773. The Morgan fingerprint density at radius 3 is 2.78 bits per heavy atom. The van der Waals surface area contributed by atoms with Crippen LogP contribution >= 0.6 is 11.6 Å². The molecular weight excluding hydrogens is 308 g/mol. The highest BCUT2D eigenvalue weighted by Crippen LogP contribution is 2.65. The molecule has 2 N–H and O–H groups in total. The zero-order valence-electron chi connectivity index (χ0n) is 13.7. The number of rotatable bonds is 4. The second-order valence-electron chi connectivity index (χ2n) is 7.60. The van der Waals surface area contributed by atoms with Crippen molar-refractivity contribution < 1.29 is 4.79 Å². The summed E-state index contributed by atoms with van der Waals surface area (Å²) < 4.78 is 0. The molecule has 2 aliphatic carbocycles. The fraction of sp³-hybridized carbons (Fsp3) is 0.526. The molecule has 2 aliphatic rings. The lowest BCUT2D eigenvalue weighted by molar-refractivity contribution is -0.123. The highest BCUT2D eigenvalue weighted by molar-refractivity contribution is 6.32. The van der Waals surface area contributed by atoms with Gasteiger partial charge >= 0.3 is 0 Å². The van der Waals surface area contributed by atoms with Crippen molar-refractivity contribution in [2.24, 2.45) is 11.3 Å². The molecule has 1 amide bonds. The van der Waals surface area contributed by atoms with Gasteiger partial charge in [0.1, 0.15) is 0 Å². The number of aromatic nitrogens is 1. The molecule has 2 saturated carbocycles. The minimum atomic E-state index is 0.226. The summed E-state index contributed by atoms with van der Waals surface area (Å²) in [7, 11) is 0. The molecule has 1 atom stereocenters. The SMILES string of the molecule is CC(C)c1cc2[nH]c(CNC(=O)C3CC34CCC4)cc2cc1Cl. The lowest BCUT2D eigenvalue weighted by Crippen LogP contribution is -2.29. The molecule has 1 aromatic heterocycles. The van der Waals surface area contributed by atoms with Crippen LogP contribution in [0.5, 0.6) is 0 Å². The van der Waals surface area contributed by atoms with Crippen LogP contribution in [-0.4, -0.2) is 10.9 Å². The molecule has 0 radical (unpaired) electrons. The molecule has 1 unspecified atom stereocenters. The third kappa shape index (κ3) is 2.55. The average molecular weight is 331 g/mol. The average Bonchev–Trinajstić information content (AvgIpc) is 3.12. The molecule has 1 heterocycles. The fourth-order valence-corrected chi connectivity index (χ4v) is 4.37. The zero-order valence-corrected chi connectivity index (χ0v) is 14.5. The van der Waals surface area contributed by atoms with E-state index in [0.29, 0.717) is 17.9 Å². The van der Waals surface area contributed by atoms with E-state index in [1.807, 2.05) is 6.07 Å². The van der Waals surface area contributed by atoms with Gasteiger partial charge in [-0.15, -0.1) is 0 Å². The lowest BCUT2D eigenvalue weighted by atomic mass is 9.80. The molecule has 1 aromatic carbocycles. The molecule has 4 heteroatoms. The van der Waals surface area contributed by atoms with Crippen LogP contribution in [0.3, 0.4) is 0 Å². The van der Waals surface area contributed by atoms with E-state index in [1.165, 1.54) is 19.3 Å². The Morgan fingerprint density at radius 2 is 2.17 bits per heavy atom. The Labute approximate surface area is 141 Å². The molecule has 3 nitrogen and oxygen atoms in total. The normalized spacial score (nSPS) is 21.7. The van der Waals surface area contributed by atoms with Gasteiger partial charge in [0.25, 0.3) is 0 Å². The standard InChI is InChI=1S/C19H23ClN2O/c1-11(2)14-8-17-12(7-16(14)20)6-13(22-17)10-21-18(23)15-9-19(15)4-3-5-19/h6-8,11,15,22H,3-5,9-10H2,1-2H3,(H,21,23). The van der Waals surface area contributed by atoms with E-state index in [0.717, 1.165) is 33.6 Å². The minimum Gasteiger partial charge on any atom is -0.357 e.